The molecule has 0 saturated carbocycles. The van der Waals surface area contributed by atoms with Gasteiger partial charge >= 0.3 is 0 Å². The molecule has 0 bridgehead atoms. The number of hydrogen-bond donors (Lipinski definition) is 0. The van der Waals surface area contributed by atoms with Gasteiger partial charge in [0, 0.05) is 11.1 Å². The van der Waals surface area contributed by atoms with Gasteiger partial charge in [-0.25, -0.2) is 4.98 Å². The van der Waals surface area contributed by atoms with Crippen LogP contribution in [0.2, 0.25) is 0 Å². The van der Waals surface area contributed by atoms with E-state index in [2.05, 4.69) is 20.4 Å². The van der Waals surface area contributed by atoms with Crippen LogP contribution in [0.3, 0.4) is 0 Å². The third kappa shape index (κ3) is 2.08. The highest BCUT2D eigenvalue weighted by Crippen LogP contribution is 2.17. The fourth-order valence-corrected chi connectivity index (χ4v) is 1.67. The van der Waals surface area contributed by atoms with Gasteiger partial charge in [0.15, 0.2) is 11.6 Å². The Balaban J connectivity index is 2.05. The molecule has 4 nitrogen and oxygen atoms in total. The van der Waals surface area contributed by atoms with Crippen LogP contribution in [0.4, 0.5) is 0 Å². The summed E-state index contributed by atoms with van der Waals surface area (Å²) in [6, 6.07) is 19.5. The summed E-state index contributed by atoms with van der Waals surface area (Å²) in [5, 5.41) is 11.7. The molecule has 0 saturated heterocycles. The number of nitrogens with zero attached hydrogens (tertiary/aromatic N) is 4. The molecule has 0 fully saturated rings. The normalized spacial score (nSPS) is 10.2. The van der Waals surface area contributed by atoms with Crippen molar-refractivity contribution < 1.29 is 0 Å². The quantitative estimate of drug-likeness (QED) is 0.684. The molecule has 0 atom stereocenters. The molecule has 3 rings (SSSR count). The second-order valence-electron chi connectivity index (χ2n) is 3.78. The number of rotatable bonds is 2. The lowest BCUT2D eigenvalue weighted by molar-refractivity contribution is 0.834. The van der Waals surface area contributed by atoms with E-state index in [1.165, 1.54) is 0 Å². The molecule has 1 aromatic heterocycles. The summed E-state index contributed by atoms with van der Waals surface area (Å²) in [7, 11) is 0. The van der Waals surface area contributed by atoms with Crippen LogP contribution in [-0.4, -0.2) is 20.4 Å². The van der Waals surface area contributed by atoms with Crippen molar-refractivity contribution in [3.05, 3.63) is 60.7 Å². The molecule has 0 N–H and O–H groups in total. The molecule has 86 valence electrons. The summed E-state index contributed by atoms with van der Waals surface area (Å²) in [6.07, 6.45) is 0. The van der Waals surface area contributed by atoms with Gasteiger partial charge in [0.1, 0.15) is 0 Å². The zero-order chi connectivity index (χ0) is 12.2. The topological polar surface area (TPSA) is 51.6 Å². The highest BCUT2D eigenvalue weighted by Gasteiger charge is 2.05. The van der Waals surface area contributed by atoms with Crippen molar-refractivity contribution in [3.8, 4) is 22.8 Å². The van der Waals surface area contributed by atoms with Crippen LogP contribution in [0.1, 0.15) is 0 Å². The van der Waals surface area contributed by atoms with E-state index in [4.69, 9.17) is 0 Å². The molecule has 0 aliphatic rings. The summed E-state index contributed by atoms with van der Waals surface area (Å²) < 4.78 is 0. The van der Waals surface area contributed by atoms with Gasteiger partial charge in [-0.3, -0.25) is 0 Å². The average molecular weight is 234 g/mol. The lowest BCUT2D eigenvalue weighted by Gasteiger charge is -2.01. The molecule has 4 heteroatoms. The average Bonchev–Trinajstić information content (AvgIpc) is 2.49. The zero-order valence-corrected chi connectivity index (χ0v) is 9.56. The molecular formula is C14H10N4. The number of benzene rings is 2. The second-order valence-corrected chi connectivity index (χ2v) is 3.78. The van der Waals surface area contributed by atoms with E-state index < -0.39 is 0 Å². The van der Waals surface area contributed by atoms with E-state index in [0.717, 1.165) is 11.1 Å². The first kappa shape index (κ1) is 10.5. The fraction of sp³-hybridized carbons (Fsp3) is 0. The summed E-state index contributed by atoms with van der Waals surface area (Å²) in [6.45, 7) is 0. The van der Waals surface area contributed by atoms with Crippen LogP contribution in [0.5, 0.6) is 0 Å². The number of hydrogen-bond acceptors (Lipinski definition) is 4. The first-order valence-electron chi connectivity index (χ1n) is 5.62. The van der Waals surface area contributed by atoms with Gasteiger partial charge in [-0.1, -0.05) is 60.7 Å². The van der Waals surface area contributed by atoms with Crippen LogP contribution in [0.25, 0.3) is 22.8 Å². The third-order valence-electron chi connectivity index (χ3n) is 2.55. The van der Waals surface area contributed by atoms with Gasteiger partial charge in [-0.15, -0.1) is 10.2 Å². The largest absolute Gasteiger partial charge is 0.204 e. The Labute approximate surface area is 104 Å². The van der Waals surface area contributed by atoms with Gasteiger partial charge in [-0.2, -0.15) is 0 Å². The van der Waals surface area contributed by atoms with Gasteiger partial charge in [-0.05, 0) is 5.21 Å². The van der Waals surface area contributed by atoms with Gasteiger partial charge < -0.3 is 0 Å². The maximum absolute atomic E-state index is 4.43. The predicted octanol–water partition coefficient (Wildman–Crippen LogP) is 2.60. The van der Waals surface area contributed by atoms with Gasteiger partial charge in [0.2, 0.25) is 0 Å². The van der Waals surface area contributed by atoms with E-state index in [1.54, 1.807) is 0 Å². The van der Waals surface area contributed by atoms with Crippen LogP contribution >= 0.6 is 0 Å². The minimum absolute atomic E-state index is 0.587. The highest BCUT2D eigenvalue weighted by atomic mass is 15.3. The molecule has 3 aromatic rings. The Morgan fingerprint density at radius 2 is 1.00 bits per heavy atom. The molecule has 0 aliphatic heterocycles. The van der Waals surface area contributed by atoms with Gasteiger partial charge in [0.05, 0.1) is 0 Å². The monoisotopic (exact) mass is 234 g/mol. The smallest absolute Gasteiger partial charge is 0.185 e. The van der Waals surface area contributed by atoms with Crippen LogP contribution < -0.4 is 0 Å². The van der Waals surface area contributed by atoms with Crippen LogP contribution in [-0.2, 0) is 0 Å². The van der Waals surface area contributed by atoms with Crippen molar-refractivity contribution in [2.75, 3.05) is 0 Å². The van der Waals surface area contributed by atoms with E-state index in [-0.39, 0.29) is 0 Å². The Kier molecular flexibility index (Phi) is 2.75. The molecule has 18 heavy (non-hydrogen) atoms. The van der Waals surface area contributed by atoms with Crippen molar-refractivity contribution >= 4 is 0 Å². The summed E-state index contributed by atoms with van der Waals surface area (Å²) in [5.41, 5.74) is 1.87. The lowest BCUT2D eigenvalue weighted by Crippen LogP contribution is -1.98. The second kappa shape index (κ2) is 4.71. The van der Waals surface area contributed by atoms with Gasteiger partial charge in [0.25, 0.3) is 0 Å². The molecule has 0 unspecified atom stereocenters. The van der Waals surface area contributed by atoms with Crippen molar-refractivity contribution in [3.63, 3.8) is 0 Å². The summed E-state index contributed by atoms with van der Waals surface area (Å²) >= 11 is 0. The first-order chi connectivity index (χ1) is 8.93. The molecular weight excluding hydrogens is 224 g/mol. The van der Waals surface area contributed by atoms with Crippen molar-refractivity contribution in [2.24, 2.45) is 0 Å². The minimum atomic E-state index is 0.587. The van der Waals surface area contributed by atoms with E-state index >= 15 is 0 Å². The molecule has 0 amide bonds. The van der Waals surface area contributed by atoms with Crippen LogP contribution in [0, 0.1) is 0 Å². The maximum Gasteiger partial charge on any atom is 0.185 e. The molecule has 1 heterocycles. The van der Waals surface area contributed by atoms with Crippen molar-refractivity contribution in [1.82, 2.24) is 20.4 Å². The Morgan fingerprint density at radius 3 is 1.44 bits per heavy atom. The van der Waals surface area contributed by atoms with Crippen LogP contribution in [0.15, 0.2) is 60.7 Å². The standard InChI is InChI=1S/C14H10N4/c1-3-7-11(8-4-1)13-15-14(17-18-16-13)12-9-5-2-6-10-12/h1-10H. The highest BCUT2D eigenvalue weighted by molar-refractivity contribution is 5.59. The Hall–Kier alpha value is -2.62. The van der Waals surface area contributed by atoms with Crippen molar-refractivity contribution in [2.45, 2.75) is 0 Å². The summed E-state index contributed by atoms with van der Waals surface area (Å²) in [4.78, 5) is 4.43. The SMILES string of the molecule is c1ccc(-c2nnnc(-c3ccccc3)n2)cc1. The zero-order valence-electron chi connectivity index (χ0n) is 9.56. The van der Waals surface area contributed by atoms with E-state index in [0.29, 0.717) is 11.6 Å². The van der Waals surface area contributed by atoms with Crippen molar-refractivity contribution in [1.29, 1.82) is 0 Å². The first-order valence-corrected chi connectivity index (χ1v) is 5.62. The molecule has 0 spiro atoms. The predicted molar refractivity (Wildman–Crippen MR) is 68.5 cm³/mol. The molecule has 2 aromatic carbocycles. The molecule has 0 aliphatic carbocycles. The number of aromatic nitrogens is 4. The Morgan fingerprint density at radius 1 is 0.556 bits per heavy atom. The summed E-state index contributed by atoms with van der Waals surface area (Å²) in [5.74, 6) is 1.17. The minimum Gasteiger partial charge on any atom is -0.204 e. The fourth-order valence-electron chi connectivity index (χ4n) is 1.67. The lowest BCUT2D eigenvalue weighted by atomic mass is 10.2. The Bertz CT molecular complexity index is 583. The van der Waals surface area contributed by atoms with E-state index in [1.807, 2.05) is 60.7 Å². The third-order valence-corrected chi connectivity index (χ3v) is 2.55. The van der Waals surface area contributed by atoms with E-state index in [9.17, 15) is 0 Å². The molecule has 0 radical (unpaired) electrons. The maximum atomic E-state index is 4.43.